The molecule has 2 atom stereocenters. The van der Waals surface area contributed by atoms with Crippen molar-refractivity contribution in [3.63, 3.8) is 0 Å². The fraction of sp³-hybridized carbons (Fsp3) is 0.222. The van der Waals surface area contributed by atoms with E-state index in [2.05, 4.69) is 10.3 Å². The zero-order valence-electron chi connectivity index (χ0n) is 19.2. The number of carbonyl (C=O) groups is 1. The van der Waals surface area contributed by atoms with Crippen molar-refractivity contribution in [1.82, 2.24) is 10.3 Å². The molecule has 5 rings (SSSR count). The molecule has 0 aliphatic carbocycles. The van der Waals surface area contributed by atoms with Crippen LogP contribution in [0.15, 0.2) is 71.8 Å². The number of rotatable bonds is 7. The Morgan fingerprint density at radius 2 is 1.86 bits per heavy atom. The van der Waals surface area contributed by atoms with Crippen molar-refractivity contribution in [3.05, 3.63) is 78.0 Å². The van der Waals surface area contributed by atoms with E-state index in [9.17, 15) is 14.1 Å². The van der Waals surface area contributed by atoms with Gasteiger partial charge in [0.2, 0.25) is 0 Å². The molecular weight excluding hydrogens is 464 g/mol. The number of hydrogen-bond donors (Lipinski definition) is 3. The highest BCUT2D eigenvalue weighted by Gasteiger charge is 2.25. The van der Waals surface area contributed by atoms with Crippen molar-refractivity contribution < 1.29 is 23.6 Å². The van der Waals surface area contributed by atoms with Crippen LogP contribution in [0.1, 0.15) is 15.9 Å². The zero-order chi connectivity index (χ0) is 24.4. The summed E-state index contributed by atoms with van der Waals surface area (Å²) >= 11 is 0. The third-order valence-electron chi connectivity index (χ3n) is 6.10. The van der Waals surface area contributed by atoms with Crippen LogP contribution in [0.25, 0.3) is 22.0 Å². The van der Waals surface area contributed by atoms with E-state index in [4.69, 9.17) is 9.47 Å². The van der Waals surface area contributed by atoms with Crippen LogP contribution in [0.2, 0.25) is 0 Å². The molecule has 0 saturated heterocycles. The molecule has 0 radical (unpaired) electrons. The molecule has 1 unspecified atom stereocenters. The van der Waals surface area contributed by atoms with Gasteiger partial charge in [-0.15, -0.1) is 0 Å². The molecule has 1 amide bonds. The number of amides is 1. The second-order valence-corrected chi connectivity index (χ2v) is 9.82. The minimum atomic E-state index is -1.07. The van der Waals surface area contributed by atoms with Gasteiger partial charge in [0.25, 0.3) is 5.91 Å². The molecule has 1 aliphatic rings. The van der Waals surface area contributed by atoms with E-state index in [1.165, 1.54) is 0 Å². The second kappa shape index (κ2) is 9.93. The van der Waals surface area contributed by atoms with Gasteiger partial charge < -0.3 is 24.9 Å². The monoisotopic (exact) mass is 490 g/mol. The molecule has 1 aromatic heterocycles. The van der Waals surface area contributed by atoms with Gasteiger partial charge in [0.15, 0.2) is 11.5 Å². The molecule has 4 aromatic rings. The maximum atomic E-state index is 13.4. The highest BCUT2D eigenvalue weighted by Crippen LogP contribution is 2.38. The van der Waals surface area contributed by atoms with Crippen LogP contribution in [0.3, 0.4) is 0 Å². The summed E-state index contributed by atoms with van der Waals surface area (Å²) in [5.41, 5.74) is 4.02. The number of carbonyl (C=O) groups excluding carboxylic acids is 1. The lowest BCUT2D eigenvalue weighted by Gasteiger charge is -2.23. The Balaban J connectivity index is 1.43. The zero-order valence-corrected chi connectivity index (χ0v) is 20.1. The molecule has 7 nitrogen and oxygen atoms in total. The lowest BCUT2D eigenvalue weighted by Crippen LogP contribution is -2.39. The molecule has 3 aromatic carbocycles. The van der Waals surface area contributed by atoms with Crippen LogP contribution >= 0.6 is 0 Å². The Kier molecular flexibility index (Phi) is 6.57. The summed E-state index contributed by atoms with van der Waals surface area (Å²) in [5, 5.41) is 14.1. The molecular formula is C27H26N2O5S. The number of fused-ring (bicyclic) bond motifs is 2. The first-order valence-corrected chi connectivity index (χ1v) is 12.9. The van der Waals surface area contributed by atoms with Crippen molar-refractivity contribution in [2.45, 2.75) is 17.4 Å². The van der Waals surface area contributed by atoms with Crippen molar-refractivity contribution in [3.8, 4) is 22.6 Å². The first-order chi connectivity index (χ1) is 17.0. The Morgan fingerprint density at radius 3 is 2.63 bits per heavy atom. The van der Waals surface area contributed by atoms with Gasteiger partial charge in [-0.1, -0.05) is 30.3 Å². The third kappa shape index (κ3) is 4.80. The standard InChI is InChI=1S/C27H26N2O5S/c1-35(32)21-8-6-17(7-9-21)18-13-23(26-25(14-18)33-10-11-34-26)27(31)29-20(16-30)12-19-15-28-24-5-3-2-4-22(19)24/h2-9,13-15,20,28,30H,10-12,16H2,1H3,(H,29,31)/t20-,35?/m1/s1. The summed E-state index contributed by atoms with van der Waals surface area (Å²) in [7, 11) is -1.07. The number of aromatic nitrogens is 1. The molecule has 0 spiro atoms. The first-order valence-electron chi connectivity index (χ1n) is 11.4. The van der Waals surface area contributed by atoms with Gasteiger partial charge in [-0.25, -0.2) is 0 Å². The minimum absolute atomic E-state index is 0.208. The van der Waals surface area contributed by atoms with E-state index in [1.807, 2.05) is 60.8 Å². The number of hydrogen-bond acceptors (Lipinski definition) is 5. The van der Waals surface area contributed by atoms with Crippen LogP contribution in [0.4, 0.5) is 0 Å². The van der Waals surface area contributed by atoms with Crippen LogP contribution < -0.4 is 14.8 Å². The van der Waals surface area contributed by atoms with Crippen LogP contribution in [0.5, 0.6) is 11.5 Å². The van der Waals surface area contributed by atoms with E-state index < -0.39 is 16.8 Å². The summed E-state index contributed by atoms with van der Waals surface area (Å²) in [5.74, 6) is 0.547. The maximum Gasteiger partial charge on any atom is 0.255 e. The summed E-state index contributed by atoms with van der Waals surface area (Å²) in [6, 6.07) is 18.4. The average molecular weight is 491 g/mol. The largest absolute Gasteiger partial charge is 0.486 e. The van der Waals surface area contributed by atoms with Gasteiger partial charge >= 0.3 is 0 Å². The van der Waals surface area contributed by atoms with Gasteiger partial charge in [-0.2, -0.15) is 0 Å². The number of benzene rings is 3. The molecule has 0 bridgehead atoms. The molecule has 0 saturated carbocycles. The number of ether oxygens (including phenoxy) is 2. The van der Waals surface area contributed by atoms with Gasteiger partial charge in [0.05, 0.1) is 18.2 Å². The van der Waals surface area contributed by atoms with Gasteiger partial charge in [-0.05, 0) is 53.4 Å². The average Bonchev–Trinajstić information content (AvgIpc) is 3.30. The fourth-order valence-electron chi connectivity index (χ4n) is 4.32. The van der Waals surface area contributed by atoms with Crippen molar-refractivity contribution >= 4 is 27.6 Å². The van der Waals surface area contributed by atoms with E-state index in [0.29, 0.717) is 36.7 Å². The summed E-state index contributed by atoms with van der Waals surface area (Å²) < 4.78 is 23.3. The number of H-pyrrole nitrogens is 1. The normalized spacial score (nSPS) is 14.5. The lowest BCUT2D eigenvalue weighted by atomic mass is 10.00. The Hall–Kier alpha value is -3.62. The van der Waals surface area contributed by atoms with Crippen LogP contribution in [0, 0.1) is 0 Å². The second-order valence-electron chi connectivity index (χ2n) is 8.44. The highest BCUT2D eigenvalue weighted by molar-refractivity contribution is 7.84. The van der Waals surface area contributed by atoms with Crippen LogP contribution in [-0.2, 0) is 17.2 Å². The number of aliphatic hydroxyl groups excluding tert-OH is 1. The molecule has 0 fully saturated rings. The Morgan fingerprint density at radius 1 is 1.09 bits per heavy atom. The number of aliphatic hydroxyl groups is 1. The maximum absolute atomic E-state index is 13.4. The molecule has 8 heteroatoms. The van der Waals surface area contributed by atoms with E-state index >= 15 is 0 Å². The predicted molar refractivity (Wildman–Crippen MR) is 136 cm³/mol. The molecule has 1 aliphatic heterocycles. The highest BCUT2D eigenvalue weighted by atomic mass is 32.2. The van der Waals surface area contributed by atoms with Gasteiger partial charge in [-0.3, -0.25) is 9.00 Å². The Bertz CT molecular complexity index is 1400. The number of aromatic amines is 1. The van der Waals surface area contributed by atoms with Gasteiger partial charge in [0, 0.05) is 39.1 Å². The molecule has 3 N–H and O–H groups in total. The molecule has 2 heterocycles. The van der Waals surface area contributed by atoms with Crippen molar-refractivity contribution in [2.75, 3.05) is 26.1 Å². The van der Waals surface area contributed by atoms with Crippen molar-refractivity contribution in [2.24, 2.45) is 0 Å². The summed E-state index contributed by atoms with van der Waals surface area (Å²) in [6.07, 6.45) is 4.02. The predicted octanol–water partition coefficient (Wildman–Crippen LogP) is 3.68. The third-order valence-corrected chi connectivity index (χ3v) is 7.04. The summed E-state index contributed by atoms with van der Waals surface area (Å²) in [6.45, 7) is 0.535. The van der Waals surface area contributed by atoms with Crippen molar-refractivity contribution in [1.29, 1.82) is 0 Å². The minimum Gasteiger partial charge on any atom is -0.486 e. The summed E-state index contributed by atoms with van der Waals surface area (Å²) in [4.78, 5) is 17.4. The smallest absolute Gasteiger partial charge is 0.255 e. The topological polar surface area (TPSA) is 101 Å². The number of para-hydroxylation sites is 1. The van der Waals surface area contributed by atoms with E-state index in [0.717, 1.165) is 32.5 Å². The Labute approximate surface area is 205 Å². The van der Waals surface area contributed by atoms with Gasteiger partial charge in [0.1, 0.15) is 13.2 Å². The molecule has 180 valence electrons. The first kappa shape index (κ1) is 23.1. The quantitative estimate of drug-likeness (QED) is 0.367. The molecule has 35 heavy (non-hydrogen) atoms. The van der Waals surface area contributed by atoms with Crippen LogP contribution in [-0.4, -0.2) is 52.3 Å². The number of nitrogens with one attached hydrogen (secondary N) is 2. The van der Waals surface area contributed by atoms with E-state index in [-0.39, 0.29) is 12.5 Å². The van der Waals surface area contributed by atoms with E-state index in [1.54, 1.807) is 12.3 Å². The lowest BCUT2D eigenvalue weighted by molar-refractivity contribution is 0.0906. The SMILES string of the molecule is CS(=O)c1ccc(-c2cc3c(c(C(=O)N[C@@H](CO)Cc4c[nH]c5ccccc45)c2)OCCO3)cc1. The fourth-order valence-corrected chi connectivity index (χ4v) is 4.84.